The molecule has 3 rings (SSSR count). The summed E-state index contributed by atoms with van der Waals surface area (Å²) < 4.78 is 10.9. The lowest BCUT2D eigenvalue weighted by Crippen LogP contribution is -1.99. The van der Waals surface area contributed by atoms with E-state index in [2.05, 4.69) is 20.5 Å². The van der Waals surface area contributed by atoms with Crippen LogP contribution in [0, 0.1) is 22.7 Å². The molecule has 2 heterocycles. The van der Waals surface area contributed by atoms with E-state index in [-0.39, 0.29) is 5.71 Å². The zero-order chi connectivity index (χ0) is 16.9. The number of hydrogen-bond donors (Lipinski definition) is 1. The topological polar surface area (TPSA) is 120 Å². The summed E-state index contributed by atoms with van der Waals surface area (Å²) in [5, 5.41) is 21.2. The van der Waals surface area contributed by atoms with Gasteiger partial charge in [-0.2, -0.15) is 20.6 Å². The summed E-state index contributed by atoms with van der Waals surface area (Å²) in [7, 11) is 1.50. The molecule has 0 saturated heterocycles. The first kappa shape index (κ1) is 15.0. The molecule has 0 unspecified atom stereocenters. The van der Waals surface area contributed by atoms with Crippen molar-refractivity contribution >= 4 is 22.6 Å². The molecule has 1 N–H and O–H groups in total. The van der Waals surface area contributed by atoms with E-state index in [0.717, 1.165) is 0 Å². The van der Waals surface area contributed by atoms with Crippen LogP contribution in [0.2, 0.25) is 0 Å². The van der Waals surface area contributed by atoms with Crippen LogP contribution in [0.3, 0.4) is 0 Å². The summed E-state index contributed by atoms with van der Waals surface area (Å²) in [4.78, 5) is 8.45. The van der Waals surface area contributed by atoms with Crippen molar-refractivity contribution in [2.75, 3.05) is 12.5 Å². The molecule has 0 radical (unpaired) electrons. The van der Waals surface area contributed by atoms with Crippen LogP contribution in [0.4, 0.5) is 5.69 Å². The van der Waals surface area contributed by atoms with E-state index in [1.54, 1.807) is 48.7 Å². The third-order valence-electron chi connectivity index (χ3n) is 3.11. The number of nitriles is 2. The minimum atomic E-state index is -0.298. The molecule has 2 aromatic heterocycles. The van der Waals surface area contributed by atoms with Gasteiger partial charge in [0.25, 0.3) is 0 Å². The highest BCUT2D eigenvalue weighted by Crippen LogP contribution is 2.31. The quantitative estimate of drug-likeness (QED) is 0.580. The second-order valence-electron chi connectivity index (χ2n) is 4.56. The summed E-state index contributed by atoms with van der Waals surface area (Å²) in [6, 6.07) is 12.0. The van der Waals surface area contributed by atoms with E-state index >= 15 is 0 Å². The summed E-state index contributed by atoms with van der Waals surface area (Å²) in [5.41, 5.74) is 4.56. The summed E-state index contributed by atoms with van der Waals surface area (Å²) in [6.07, 6.45) is 1.63. The van der Waals surface area contributed by atoms with Crippen LogP contribution in [0.25, 0.3) is 22.7 Å². The van der Waals surface area contributed by atoms with Gasteiger partial charge in [0.05, 0.1) is 12.8 Å². The van der Waals surface area contributed by atoms with Gasteiger partial charge >= 0.3 is 0 Å². The van der Waals surface area contributed by atoms with Crippen LogP contribution < -0.4 is 10.2 Å². The lowest BCUT2D eigenvalue weighted by molar-refractivity contribution is 0.416. The number of oxazole rings is 1. The molecule has 0 fully saturated rings. The van der Waals surface area contributed by atoms with Crippen LogP contribution in [0.5, 0.6) is 5.75 Å². The predicted octanol–water partition coefficient (Wildman–Crippen LogP) is 2.71. The molecule has 8 heteroatoms. The maximum Gasteiger partial charge on any atom is 0.237 e. The molecule has 0 spiro atoms. The maximum atomic E-state index is 8.74. The van der Waals surface area contributed by atoms with Gasteiger partial charge in [-0.25, -0.2) is 4.98 Å². The van der Waals surface area contributed by atoms with E-state index in [0.29, 0.717) is 34.1 Å². The van der Waals surface area contributed by atoms with E-state index in [9.17, 15) is 0 Å². The molecule has 24 heavy (non-hydrogen) atoms. The Morgan fingerprint density at radius 2 is 2.12 bits per heavy atom. The Labute approximate surface area is 136 Å². The Kier molecular flexibility index (Phi) is 4.04. The number of rotatable bonds is 4. The predicted molar refractivity (Wildman–Crippen MR) is 86.1 cm³/mol. The third kappa shape index (κ3) is 2.85. The molecule has 0 aliphatic carbocycles. The van der Waals surface area contributed by atoms with Crippen molar-refractivity contribution in [1.29, 1.82) is 10.5 Å². The fourth-order valence-electron chi connectivity index (χ4n) is 2.01. The molecule has 0 amide bonds. The first-order valence-electron chi connectivity index (χ1n) is 6.79. The summed E-state index contributed by atoms with van der Waals surface area (Å²) in [6.45, 7) is 0. The van der Waals surface area contributed by atoms with Gasteiger partial charge in [0.1, 0.15) is 17.9 Å². The van der Waals surface area contributed by atoms with E-state index < -0.39 is 0 Å². The molecule has 8 nitrogen and oxygen atoms in total. The van der Waals surface area contributed by atoms with E-state index in [4.69, 9.17) is 19.7 Å². The molecule has 116 valence electrons. The number of ether oxygens (including phenoxy) is 1. The minimum Gasteiger partial charge on any atom is -0.495 e. The number of hydrogen-bond acceptors (Lipinski definition) is 8. The number of fused-ring (bicyclic) bond motifs is 1. The number of benzene rings is 1. The smallest absolute Gasteiger partial charge is 0.237 e. The first-order valence-corrected chi connectivity index (χ1v) is 6.79. The monoisotopic (exact) mass is 318 g/mol. The number of hydrazone groups is 1. The number of nitrogens with zero attached hydrogens (tertiary/aromatic N) is 5. The number of aromatic nitrogens is 2. The van der Waals surface area contributed by atoms with Crippen molar-refractivity contribution in [3.8, 4) is 29.3 Å². The Morgan fingerprint density at radius 1 is 1.29 bits per heavy atom. The third-order valence-corrected chi connectivity index (χ3v) is 3.11. The van der Waals surface area contributed by atoms with Gasteiger partial charge in [-0.3, -0.25) is 5.43 Å². The van der Waals surface area contributed by atoms with Crippen LogP contribution >= 0.6 is 0 Å². The molecular weight excluding hydrogens is 308 g/mol. The van der Waals surface area contributed by atoms with Crippen molar-refractivity contribution in [3.05, 3.63) is 36.5 Å². The van der Waals surface area contributed by atoms with Crippen molar-refractivity contribution in [2.24, 2.45) is 5.10 Å². The van der Waals surface area contributed by atoms with Gasteiger partial charge in [0.2, 0.25) is 11.6 Å². The van der Waals surface area contributed by atoms with Gasteiger partial charge in [0, 0.05) is 11.8 Å². The average Bonchev–Trinajstić information content (AvgIpc) is 3.06. The fourth-order valence-corrected chi connectivity index (χ4v) is 2.01. The summed E-state index contributed by atoms with van der Waals surface area (Å²) >= 11 is 0. The van der Waals surface area contributed by atoms with Crippen LogP contribution in [-0.4, -0.2) is 22.8 Å². The maximum absolute atomic E-state index is 8.74. The Balaban J connectivity index is 2.01. The number of methoxy groups -OCH3 is 1. The molecule has 0 saturated carbocycles. The van der Waals surface area contributed by atoms with Gasteiger partial charge in [-0.1, -0.05) is 0 Å². The normalized spacial score (nSPS) is 9.79. The van der Waals surface area contributed by atoms with Gasteiger partial charge < -0.3 is 9.15 Å². The van der Waals surface area contributed by atoms with Crippen LogP contribution in [0.15, 0.2) is 46.0 Å². The summed E-state index contributed by atoms with van der Waals surface area (Å²) in [5.74, 6) is 0.881. The Morgan fingerprint density at radius 3 is 2.83 bits per heavy atom. The lowest BCUT2D eigenvalue weighted by atomic mass is 10.2. The molecule has 1 aromatic carbocycles. The average molecular weight is 318 g/mol. The van der Waals surface area contributed by atoms with E-state index in [1.807, 2.05) is 0 Å². The molecule has 0 aliphatic heterocycles. The number of pyridine rings is 1. The fraction of sp³-hybridized carbons (Fsp3) is 0.0625. The standard InChI is InChI=1S/C16H10N6O2/c1-23-13-5-4-10(7-12(13)22-21-11(8-17)9-18)16-20-15-14(24-16)3-2-6-19-15/h2-7,22H,1H3. The second kappa shape index (κ2) is 6.46. The van der Waals surface area contributed by atoms with E-state index in [1.165, 1.54) is 7.11 Å². The van der Waals surface area contributed by atoms with Gasteiger partial charge in [0.15, 0.2) is 11.2 Å². The van der Waals surface area contributed by atoms with Crippen molar-refractivity contribution in [1.82, 2.24) is 9.97 Å². The largest absolute Gasteiger partial charge is 0.495 e. The lowest BCUT2D eigenvalue weighted by Gasteiger charge is -2.08. The zero-order valence-electron chi connectivity index (χ0n) is 12.5. The molecule has 0 bridgehead atoms. The minimum absolute atomic E-state index is 0.298. The molecule has 0 aliphatic rings. The second-order valence-corrected chi connectivity index (χ2v) is 4.56. The van der Waals surface area contributed by atoms with Gasteiger partial charge in [-0.05, 0) is 30.3 Å². The molecular formula is C16H10N6O2. The highest BCUT2D eigenvalue weighted by atomic mass is 16.5. The molecule has 3 aromatic rings. The SMILES string of the molecule is COc1ccc(-c2nc3ncccc3o2)cc1NN=C(C#N)C#N. The van der Waals surface area contributed by atoms with Crippen molar-refractivity contribution < 1.29 is 9.15 Å². The van der Waals surface area contributed by atoms with Crippen molar-refractivity contribution in [3.63, 3.8) is 0 Å². The highest BCUT2D eigenvalue weighted by molar-refractivity contribution is 6.10. The Hall–Kier alpha value is -3.91. The Bertz CT molecular complexity index is 960. The van der Waals surface area contributed by atoms with Crippen LogP contribution in [0.1, 0.15) is 0 Å². The number of nitrogens with one attached hydrogen (secondary N) is 1. The number of anilines is 1. The van der Waals surface area contributed by atoms with Crippen LogP contribution in [-0.2, 0) is 0 Å². The van der Waals surface area contributed by atoms with Gasteiger partial charge in [-0.15, -0.1) is 0 Å². The molecule has 0 atom stereocenters. The first-order chi connectivity index (χ1) is 11.7. The zero-order valence-corrected chi connectivity index (χ0v) is 12.5. The highest BCUT2D eigenvalue weighted by Gasteiger charge is 2.12. The van der Waals surface area contributed by atoms with Crippen molar-refractivity contribution in [2.45, 2.75) is 0 Å².